The van der Waals surface area contributed by atoms with E-state index in [0.717, 1.165) is 0 Å². The fourth-order valence-electron chi connectivity index (χ4n) is 0.0714. The molecule has 0 bridgehead atoms. The van der Waals surface area contributed by atoms with Crippen molar-refractivity contribution < 1.29 is 0 Å². The zero-order valence-corrected chi connectivity index (χ0v) is 16.7. The molecule has 0 amide bonds. The molecule has 0 fully saturated rings. The molecule has 0 spiro atoms. The van der Waals surface area contributed by atoms with E-state index in [0.29, 0.717) is 0 Å². The molecular formula is C3I6. The molecule has 9 heavy (non-hydrogen) atoms. The highest BCUT2D eigenvalue weighted by atomic mass is 127. The minimum atomic E-state index is 0.220. The first-order valence-electron chi connectivity index (χ1n) is 1.63. The van der Waals surface area contributed by atoms with Crippen molar-refractivity contribution in [2.45, 2.75) is 1.43 Å². The molecule has 0 aliphatic rings. The number of rotatable bonds is 2. The van der Waals surface area contributed by atoms with Crippen molar-refractivity contribution in [3.05, 3.63) is 3.86 Å². The highest BCUT2D eigenvalue weighted by Gasteiger charge is 2.37. The molecule has 0 atom stereocenters. The van der Waals surface area contributed by atoms with Crippen LogP contribution in [0.1, 0.15) is 0 Å². The number of alkyl halides is 2. The zero-order chi connectivity index (χ0) is 7.65. The van der Waals surface area contributed by atoms with Crippen molar-refractivity contribution in [1.82, 2.24) is 0 Å². The van der Waals surface area contributed by atoms with Crippen LogP contribution >= 0.6 is 136 Å². The van der Waals surface area contributed by atoms with Gasteiger partial charge in [-0.2, -0.15) is 0 Å². The molecule has 0 heterocycles. The van der Waals surface area contributed by atoms with Gasteiger partial charge in [0.05, 0.1) is 0 Å². The van der Waals surface area contributed by atoms with Gasteiger partial charge in [0.25, 0.3) is 0 Å². The largest absolute Gasteiger partial charge is 0.125 e. The quantitative estimate of drug-likeness (QED) is 0.264. The Morgan fingerprint density at radius 1 is 0.778 bits per heavy atom. The second-order valence-electron chi connectivity index (χ2n) is 1.10. The van der Waals surface area contributed by atoms with Gasteiger partial charge in [-0.1, -0.05) is 136 Å². The van der Waals surface area contributed by atoms with E-state index in [-0.39, 0.29) is 1.43 Å². The van der Waals surface area contributed by atoms with Gasteiger partial charge >= 0.3 is 0 Å². The molecule has 0 aromatic rings. The van der Waals surface area contributed by atoms with Crippen LogP contribution in [0.3, 0.4) is 0 Å². The van der Waals surface area contributed by atoms with Gasteiger partial charge in [0.15, 0.2) is 0 Å². The first kappa shape index (κ1) is 13.4. The lowest BCUT2D eigenvalue weighted by Gasteiger charge is -2.22. The van der Waals surface area contributed by atoms with Crippen LogP contribution in [0.2, 0.25) is 0 Å². The molecule has 0 aromatic carbocycles. The Balaban J connectivity index is 4.01. The summed E-state index contributed by atoms with van der Waals surface area (Å²) in [5, 5.41) is 0. The Morgan fingerprint density at radius 3 is 1.00 bits per heavy atom. The molecule has 0 rings (SSSR count). The normalized spacial score (nSPS) is 13.3. The van der Waals surface area contributed by atoms with E-state index >= 15 is 0 Å². The van der Waals surface area contributed by atoms with E-state index in [1.165, 1.54) is 3.86 Å². The highest BCUT2D eigenvalue weighted by Crippen LogP contribution is 2.56. The van der Waals surface area contributed by atoms with Crippen molar-refractivity contribution in [2.75, 3.05) is 0 Å². The average molecular weight is 797 g/mol. The first-order valence-corrected chi connectivity index (χ1v) is 8.11. The molecule has 2 radical (unpaired) electrons. The third-order valence-corrected chi connectivity index (χ3v) is 14.1. The van der Waals surface area contributed by atoms with Crippen LogP contribution in [0.15, 0.2) is 0 Å². The summed E-state index contributed by atoms with van der Waals surface area (Å²) >= 11 is 14.3. The minimum Gasteiger partial charge on any atom is -0.0623 e. The number of halogens is 6. The summed E-state index contributed by atoms with van der Waals surface area (Å²) in [6.07, 6.45) is 0. The van der Waals surface area contributed by atoms with Crippen LogP contribution in [-0.4, -0.2) is 1.43 Å². The lowest BCUT2D eigenvalue weighted by Crippen LogP contribution is -2.14. The van der Waals surface area contributed by atoms with Gasteiger partial charge in [0.2, 0.25) is 0 Å². The summed E-state index contributed by atoms with van der Waals surface area (Å²) < 4.78 is 2.99. The summed E-state index contributed by atoms with van der Waals surface area (Å²) in [6, 6.07) is 0. The Morgan fingerprint density at radius 2 is 1.00 bits per heavy atom. The average Bonchev–Trinajstić information content (AvgIpc) is 1.65. The maximum absolute atomic E-state index is 2.44. The van der Waals surface area contributed by atoms with Crippen molar-refractivity contribution in [3.8, 4) is 0 Å². The van der Waals surface area contributed by atoms with Gasteiger partial charge in [-0.25, -0.2) is 0 Å². The van der Waals surface area contributed by atoms with Crippen LogP contribution in [0.5, 0.6) is 0 Å². The molecule has 6 heteroatoms. The molecule has 0 saturated carbocycles. The molecule has 0 saturated heterocycles. The predicted octanol–water partition coefficient (Wildman–Crippen LogP) is 5.27. The number of hydrogen-bond acceptors (Lipinski definition) is 0. The Hall–Kier alpha value is 4.38. The molecule has 0 unspecified atom stereocenters. The molecule has 0 aliphatic carbocycles. The summed E-state index contributed by atoms with van der Waals surface area (Å²) in [4.78, 5) is 0. The van der Waals surface area contributed by atoms with Crippen LogP contribution < -0.4 is 0 Å². The Labute approximate surface area is 137 Å². The van der Waals surface area contributed by atoms with E-state index in [9.17, 15) is 0 Å². The molecule has 54 valence electrons. The number of hydrogen-bond donors (Lipinski definition) is 0. The lowest BCUT2D eigenvalue weighted by molar-refractivity contribution is 1.39. The molecule has 0 aliphatic heterocycles. The second kappa shape index (κ2) is 5.98. The lowest BCUT2D eigenvalue weighted by atomic mass is 10.6. The smallest absolute Gasteiger partial charge is 0.0623 e. The third-order valence-electron chi connectivity index (χ3n) is 0.475. The van der Waals surface area contributed by atoms with E-state index in [1.807, 2.05) is 0 Å². The van der Waals surface area contributed by atoms with E-state index in [4.69, 9.17) is 0 Å². The van der Waals surface area contributed by atoms with E-state index < -0.39 is 0 Å². The Bertz CT molecular complexity index is 76.3. The van der Waals surface area contributed by atoms with Gasteiger partial charge in [-0.15, -0.1) is 0 Å². The monoisotopic (exact) mass is 797 g/mol. The third kappa shape index (κ3) is 4.97. The maximum Gasteiger partial charge on any atom is 0.125 e. The highest BCUT2D eigenvalue weighted by molar-refractivity contribution is 14.2. The summed E-state index contributed by atoms with van der Waals surface area (Å²) in [6.45, 7) is 0. The van der Waals surface area contributed by atoms with Crippen LogP contribution in [0, 0.1) is 3.86 Å². The minimum absolute atomic E-state index is 0.220. The van der Waals surface area contributed by atoms with Gasteiger partial charge in [-0.3, -0.25) is 0 Å². The van der Waals surface area contributed by atoms with Crippen molar-refractivity contribution >= 4 is 136 Å². The standard InChI is InChI=1S/C3I6/c4-1(5)3(8,9)2(6)7. The van der Waals surface area contributed by atoms with E-state index in [2.05, 4.69) is 136 Å². The second-order valence-corrected chi connectivity index (χ2v) is 14.8. The maximum atomic E-state index is 2.44. The summed E-state index contributed by atoms with van der Waals surface area (Å²) in [5.41, 5.74) is 0. The SMILES string of the molecule is I[C](I)C(I)(I)[C](I)I. The molecule has 0 aromatic heterocycles. The van der Waals surface area contributed by atoms with Crippen LogP contribution in [0.4, 0.5) is 0 Å². The van der Waals surface area contributed by atoms with Gasteiger partial charge in [0, 0.05) is 0 Å². The van der Waals surface area contributed by atoms with Crippen LogP contribution in [-0.2, 0) is 0 Å². The molecule has 0 N–H and O–H groups in total. The fourth-order valence-corrected chi connectivity index (χ4v) is 3.21. The summed E-state index contributed by atoms with van der Waals surface area (Å²) in [5.74, 6) is 0. The fraction of sp³-hybridized carbons (Fsp3) is 0.333. The van der Waals surface area contributed by atoms with Crippen molar-refractivity contribution in [3.63, 3.8) is 0 Å². The van der Waals surface area contributed by atoms with Gasteiger partial charge in [-0.05, 0) is 0 Å². The Kier molecular flexibility index (Phi) is 8.88. The van der Waals surface area contributed by atoms with Gasteiger partial charge in [0.1, 0.15) is 5.29 Å². The van der Waals surface area contributed by atoms with Crippen LogP contribution in [0.25, 0.3) is 0 Å². The predicted molar refractivity (Wildman–Crippen MR) is 93.3 cm³/mol. The topological polar surface area (TPSA) is 0 Å². The zero-order valence-electron chi connectivity index (χ0n) is 3.77. The van der Waals surface area contributed by atoms with Gasteiger partial charge < -0.3 is 0 Å². The first-order chi connectivity index (χ1) is 3.89. The summed E-state index contributed by atoms with van der Waals surface area (Å²) in [7, 11) is 0. The molecular weight excluding hydrogens is 797 g/mol. The molecule has 0 nitrogen and oxygen atoms in total. The van der Waals surface area contributed by atoms with Crippen molar-refractivity contribution in [2.24, 2.45) is 0 Å². The van der Waals surface area contributed by atoms with E-state index in [1.54, 1.807) is 0 Å². The van der Waals surface area contributed by atoms with Crippen molar-refractivity contribution in [1.29, 1.82) is 0 Å².